The summed E-state index contributed by atoms with van der Waals surface area (Å²) in [6, 6.07) is 5.59. The minimum absolute atomic E-state index is 0.0602. The topological polar surface area (TPSA) is 69.4 Å². The fourth-order valence-electron chi connectivity index (χ4n) is 2.25. The second-order valence-electron chi connectivity index (χ2n) is 4.64. The molecular weight excluding hydrogens is 276 g/mol. The summed E-state index contributed by atoms with van der Waals surface area (Å²) in [7, 11) is -2.98. The molecule has 0 spiro atoms. The fourth-order valence-corrected chi connectivity index (χ4v) is 4.11. The van der Waals surface area contributed by atoms with Gasteiger partial charge in [-0.25, -0.2) is 8.42 Å². The number of alkyl halides is 2. The quantitative estimate of drug-likeness (QED) is 0.917. The first-order valence-corrected chi connectivity index (χ1v) is 7.70. The molecule has 1 aliphatic rings. The highest BCUT2D eigenvalue weighted by Gasteiger charge is 2.32. The zero-order valence-corrected chi connectivity index (χ0v) is 10.9. The Morgan fingerprint density at radius 2 is 1.89 bits per heavy atom. The molecular formula is C12H15F2NO3S. The molecule has 0 aromatic heterocycles. The molecule has 7 heteroatoms. The van der Waals surface area contributed by atoms with Crippen molar-refractivity contribution in [1.82, 2.24) is 0 Å². The second kappa shape index (κ2) is 5.42. The molecule has 1 aromatic rings. The van der Waals surface area contributed by atoms with Gasteiger partial charge in [0, 0.05) is 6.04 Å². The van der Waals surface area contributed by atoms with E-state index in [1.165, 1.54) is 12.1 Å². The van der Waals surface area contributed by atoms with E-state index in [0.29, 0.717) is 6.42 Å². The Hall–Kier alpha value is -1.21. The summed E-state index contributed by atoms with van der Waals surface area (Å²) >= 11 is 0. The van der Waals surface area contributed by atoms with Crippen molar-refractivity contribution in [2.24, 2.45) is 11.7 Å². The number of sulfone groups is 1. The van der Waals surface area contributed by atoms with Crippen LogP contribution in [0.2, 0.25) is 0 Å². The van der Waals surface area contributed by atoms with Crippen molar-refractivity contribution in [2.75, 3.05) is 11.5 Å². The van der Waals surface area contributed by atoms with Crippen molar-refractivity contribution in [3.8, 4) is 5.75 Å². The van der Waals surface area contributed by atoms with Crippen molar-refractivity contribution in [1.29, 1.82) is 0 Å². The molecule has 0 saturated carbocycles. The summed E-state index contributed by atoms with van der Waals surface area (Å²) in [6.07, 6.45) is 0.540. The van der Waals surface area contributed by atoms with E-state index in [2.05, 4.69) is 4.74 Å². The Bertz CT molecular complexity index is 530. The molecule has 2 unspecified atom stereocenters. The van der Waals surface area contributed by atoms with Crippen LogP contribution in [0.5, 0.6) is 5.75 Å². The van der Waals surface area contributed by atoms with Crippen LogP contribution in [0.1, 0.15) is 18.0 Å². The molecule has 1 aromatic carbocycles. The van der Waals surface area contributed by atoms with Gasteiger partial charge in [-0.15, -0.1) is 0 Å². The van der Waals surface area contributed by atoms with Crippen LogP contribution in [0.4, 0.5) is 8.78 Å². The molecule has 1 aliphatic heterocycles. The highest BCUT2D eigenvalue weighted by atomic mass is 32.2. The lowest BCUT2D eigenvalue weighted by atomic mass is 9.93. The maximum Gasteiger partial charge on any atom is 0.387 e. The average molecular weight is 291 g/mol. The molecule has 1 saturated heterocycles. The van der Waals surface area contributed by atoms with Gasteiger partial charge in [-0.3, -0.25) is 0 Å². The molecule has 4 nitrogen and oxygen atoms in total. The number of hydrogen-bond acceptors (Lipinski definition) is 4. The summed E-state index contributed by atoms with van der Waals surface area (Å²) in [5.74, 6) is 0.193. The normalized spacial score (nSPS) is 23.5. The first-order chi connectivity index (χ1) is 8.87. The number of halogens is 2. The molecule has 19 heavy (non-hydrogen) atoms. The van der Waals surface area contributed by atoms with Gasteiger partial charge in [0.25, 0.3) is 0 Å². The van der Waals surface area contributed by atoms with Crippen LogP contribution in [-0.4, -0.2) is 26.5 Å². The molecule has 2 N–H and O–H groups in total. The third kappa shape index (κ3) is 3.63. The summed E-state index contributed by atoms with van der Waals surface area (Å²) < 4.78 is 51.0. The highest BCUT2D eigenvalue weighted by molar-refractivity contribution is 7.91. The Kier molecular flexibility index (Phi) is 4.05. The first kappa shape index (κ1) is 14.2. The Morgan fingerprint density at radius 1 is 1.26 bits per heavy atom. The van der Waals surface area contributed by atoms with E-state index >= 15 is 0 Å². The number of nitrogens with two attached hydrogens (primary N) is 1. The van der Waals surface area contributed by atoms with Gasteiger partial charge in [-0.1, -0.05) is 12.1 Å². The van der Waals surface area contributed by atoms with Crippen LogP contribution < -0.4 is 10.5 Å². The van der Waals surface area contributed by atoms with Gasteiger partial charge in [0.15, 0.2) is 9.84 Å². The molecule has 1 fully saturated rings. The summed E-state index contributed by atoms with van der Waals surface area (Å²) in [4.78, 5) is 0. The third-order valence-corrected chi connectivity index (χ3v) is 5.06. The van der Waals surface area contributed by atoms with Gasteiger partial charge < -0.3 is 10.5 Å². The molecule has 106 valence electrons. The lowest BCUT2D eigenvalue weighted by Gasteiger charge is -2.18. The van der Waals surface area contributed by atoms with Crippen molar-refractivity contribution in [2.45, 2.75) is 19.1 Å². The van der Waals surface area contributed by atoms with Crippen LogP contribution in [0, 0.1) is 5.92 Å². The van der Waals surface area contributed by atoms with E-state index in [1.807, 2.05) is 0 Å². The maximum atomic E-state index is 12.0. The number of ether oxygens (including phenoxy) is 1. The number of rotatable bonds is 4. The van der Waals surface area contributed by atoms with Gasteiger partial charge in [0.2, 0.25) is 0 Å². The lowest BCUT2D eigenvalue weighted by Crippen LogP contribution is -2.22. The Balaban J connectivity index is 2.06. The van der Waals surface area contributed by atoms with Crippen LogP contribution in [0.15, 0.2) is 24.3 Å². The van der Waals surface area contributed by atoms with Crippen molar-refractivity contribution < 1.29 is 21.9 Å². The zero-order chi connectivity index (χ0) is 14.0. The average Bonchev–Trinajstić information content (AvgIpc) is 2.69. The molecule has 0 radical (unpaired) electrons. The Labute approximate surface area is 110 Å². The van der Waals surface area contributed by atoms with Crippen LogP contribution >= 0.6 is 0 Å². The second-order valence-corrected chi connectivity index (χ2v) is 6.87. The van der Waals surface area contributed by atoms with E-state index in [1.54, 1.807) is 12.1 Å². The standard InChI is InChI=1S/C12H15F2NO3S/c13-12(14)18-10-3-1-8(2-4-10)11(15)9-5-6-19(16,17)7-9/h1-4,9,11-12H,5-7,15H2. The predicted octanol–water partition coefficient (Wildman–Crippen LogP) is 1.72. The van der Waals surface area contributed by atoms with Crippen molar-refractivity contribution in [3.63, 3.8) is 0 Å². The van der Waals surface area contributed by atoms with Crippen molar-refractivity contribution >= 4 is 9.84 Å². The largest absolute Gasteiger partial charge is 0.435 e. The summed E-state index contributed by atoms with van der Waals surface area (Å²) in [5.41, 5.74) is 6.74. The van der Waals surface area contributed by atoms with Gasteiger partial charge in [-0.2, -0.15) is 8.78 Å². The van der Waals surface area contributed by atoms with Gasteiger partial charge in [0.05, 0.1) is 11.5 Å². The summed E-state index contributed by atoms with van der Waals surface area (Å²) in [6.45, 7) is -2.86. The SMILES string of the molecule is NC(c1ccc(OC(F)F)cc1)C1CCS(=O)(=O)C1. The van der Waals surface area contributed by atoms with Gasteiger partial charge in [-0.05, 0) is 30.0 Å². The molecule has 2 rings (SSSR count). The minimum atomic E-state index is -2.98. The smallest absolute Gasteiger partial charge is 0.387 e. The predicted molar refractivity (Wildman–Crippen MR) is 66.8 cm³/mol. The lowest BCUT2D eigenvalue weighted by molar-refractivity contribution is -0.0498. The van der Waals surface area contributed by atoms with E-state index in [0.717, 1.165) is 5.56 Å². The van der Waals surface area contributed by atoms with Gasteiger partial charge in [0.1, 0.15) is 5.75 Å². The highest BCUT2D eigenvalue weighted by Crippen LogP contribution is 2.30. The Morgan fingerprint density at radius 3 is 2.37 bits per heavy atom. The van der Waals surface area contributed by atoms with E-state index in [9.17, 15) is 17.2 Å². The molecule has 0 bridgehead atoms. The first-order valence-electron chi connectivity index (χ1n) is 5.88. The minimum Gasteiger partial charge on any atom is -0.435 e. The zero-order valence-electron chi connectivity index (χ0n) is 10.1. The molecule has 0 amide bonds. The van der Waals surface area contributed by atoms with Crippen LogP contribution in [-0.2, 0) is 9.84 Å². The number of hydrogen-bond donors (Lipinski definition) is 1. The fraction of sp³-hybridized carbons (Fsp3) is 0.500. The monoisotopic (exact) mass is 291 g/mol. The maximum absolute atomic E-state index is 12.0. The van der Waals surface area contributed by atoms with E-state index < -0.39 is 22.5 Å². The van der Waals surface area contributed by atoms with E-state index in [4.69, 9.17) is 5.73 Å². The van der Waals surface area contributed by atoms with Gasteiger partial charge >= 0.3 is 6.61 Å². The van der Waals surface area contributed by atoms with Crippen LogP contribution in [0.25, 0.3) is 0 Å². The van der Waals surface area contributed by atoms with Crippen LogP contribution in [0.3, 0.4) is 0 Å². The summed E-state index contributed by atoms with van der Waals surface area (Å²) in [5, 5.41) is 0. The molecule has 2 atom stereocenters. The third-order valence-electron chi connectivity index (χ3n) is 3.27. The number of benzene rings is 1. The molecule has 1 heterocycles. The van der Waals surface area contributed by atoms with E-state index in [-0.39, 0.29) is 23.2 Å². The van der Waals surface area contributed by atoms with Crippen molar-refractivity contribution in [3.05, 3.63) is 29.8 Å². The molecule has 0 aliphatic carbocycles.